The van der Waals surface area contributed by atoms with Crippen molar-refractivity contribution < 1.29 is 9.47 Å². The summed E-state index contributed by atoms with van der Waals surface area (Å²) in [5, 5.41) is 0. The monoisotopic (exact) mass is 232 g/mol. The quantitative estimate of drug-likeness (QED) is 0.725. The molecule has 1 aliphatic rings. The van der Waals surface area contributed by atoms with E-state index in [2.05, 4.69) is 36.4 Å². The molecule has 2 rings (SSSR count). The summed E-state index contributed by atoms with van der Waals surface area (Å²) in [7, 11) is 0. The van der Waals surface area contributed by atoms with E-state index in [1.807, 2.05) is 13.0 Å². The number of ether oxygens (including phenoxy) is 2. The Bertz CT molecular complexity index is 350. The SMILES string of the molecule is C/C=C/CCC1(Cc2ccccc2)OCCO1. The van der Waals surface area contributed by atoms with Crippen LogP contribution in [0, 0.1) is 0 Å². The first-order valence-corrected chi connectivity index (χ1v) is 6.28. The molecule has 0 amide bonds. The molecule has 1 aromatic carbocycles. The number of hydrogen-bond donors (Lipinski definition) is 0. The molecule has 0 aliphatic carbocycles. The maximum Gasteiger partial charge on any atom is 0.172 e. The lowest BCUT2D eigenvalue weighted by atomic mass is 10.0. The molecule has 0 saturated carbocycles. The molecule has 1 aliphatic heterocycles. The van der Waals surface area contributed by atoms with E-state index in [0.717, 1.165) is 19.3 Å². The summed E-state index contributed by atoms with van der Waals surface area (Å²) in [4.78, 5) is 0. The minimum Gasteiger partial charge on any atom is -0.347 e. The minimum absolute atomic E-state index is 0.402. The molecule has 0 N–H and O–H groups in total. The van der Waals surface area contributed by atoms with E-state index in [-0.39, 0.29) is 0 Å². The fourth-order valence-corrected chi connectivity index (χ4v) is 2.21. The molecular formula is C15H20O2. The highest BCUT2D eigenvalue weighted by Crippen LogP contribution is 2.29. The van der Waals surface area contributed by atoms with Gasteiger partial charge in [-0.05, 0) is 18.9 Å². The van der Waals surface area contributed by atoms with Gasteiger partial charge in [0.15, 0.2) is 5.79 Å². The smallest absolute Gasteiger partial charge is 0.172 e. The van der Waals surface area contributed by atoms with E-state index in [4.69, 9.17) is 9.47 Å². The van der Waals surface area contributed by atoms with Crippen molar-refractivity contribution in [2.24, 2.45) is 0 Å². The summed E-state index contributed by atoms with van der Waals surface area (Å²) in [6.07, 6.45) is 7.00. The standard InChI is InChI=1S/C15H20O2/c1-2-3-7-10-15(16-11-12-17-15)13-14-8-5-4-6-9-14/h2-6,8-9H,7,10-13H2,1H3/b3-2+. The van der Waals surface area contributed by atoms with E-state index < -0.39 is 5.79 Å². The van der Waals surface area contributed by atoms with Crippen LogP contribution in [-0.2, 0) is 15.9 Å². The molecule has 0 bridgehead atoms. The van der Waals surface area contributed by atoms with Crippen LogP contribution in [-0.4, -0.2) is 19.0 Å². The summed E-state index contributed by atoms with van der Waals surface area (Å²) in [5.41, 5.74) is 1.27. The second-order valence-corrected chi connectivity index (χ2v) is 4.38. The highest BCUT2D eigenvalue weighted by atomic mass is 16.7. The molecule has 92 valence electrons. The average Bonchev–Trinajstić information content (AvgIpc) is 2.80. The van der Waals surface area contributed by atoms with Crippen molar-refractivity contribution in [2.45, 2.75) is 32.0 Å². The van der Waals surface area contributed by atoms with Crippen LogP contribution in [0.4, 0.5) is 0 Å². The Hall–Kier alpha value is -1.12. The molecule has 17 heavy (non-hydrogen) atoms. The molecule has 2 heteroatoms. The summed E-state index contributed by atoms with van der Waals surface area (Å²) in [6, 6.07) is 10.4. The van der Waals surface area contributed by atoms with Crippen LogP contribution in [0.1, 0.15) is 25.3 Å². The zero-order chi connectivity index (χ0) is 12.0. The lowest BCUT2D eigenvalue weighted by Gasteiger charge is -2.27. The zero-order valence-electron chi connectivity index (χ0n) is 10.4. The first-order chi connectivity index (χ1) is 8.35. The third-order valence-corrected chi connectivity index (χ3v) is 3.06. The number of benzene rings is 1. The van der Waals surface area contributed by atoms with Gasteiger partial charge >= 0.3 is 0 Å². The average molecular weight is 232 g/mol. The molecule has 0 radical (unpaired) electrons. The number of rotatable bonds is 5. The van der Waals surface area contributed by atoms with Crippen LogP contribution in [0.2, 0.25) is 0 Å². The molecule has 2 nitrogen and oxygen atoms in total. The maximum absolute atomic E-state index is 5.83. The predicted molar refractivity (Wildman–Crippen MR) is 68.8 cm³/mol. The molecule has 0 unspecified atom stereocenters. The topological polar surface area (TPSA) is 18.5 Å². The lowest BCUT2D eigenvalue weighted by molar-refractivity contribution is -0.160. The van der Waals surface area contributed by atoms with Gasteiger partial charge in [0.1, 0.15) is 0 Å². The van der Waals surface area contributed by atoms with Crippen molar-refractivity contribution in [1.29, 1.82) is 0 Å². The highest BCUT2D eigenvalue weighted by Gasteiger charge is 2.35. The molecular weight excluding hydrogens is 212 g/mol. The van der Waals surface area contributed by atoms with Crippen molar-refractivity contribution in [3.8, 4) is 0 Å². The molecule has 0 spiro atoms. The molecule has 0 atom stereocenters. The third-order valence-electron chi connectivity index (χ3n) is 3.06. The van der Waals surface area contributed by atoms with Crippen molar-refractivity contribution >= 4 is 0 Å². The Balaban J connectivity index is 2.01. The second kappa shape index (κ2) is 5.99. The molecule has 1 fully saturated rings. The van der Waals surface area contributed by atoms with Crippen LogP contribution in [0.25, 0.3) is 0 Å². The molecule has 1 aromatic rings. The molecule has 1 heterocycles. The summed E-state index contributed by atoms with van der Waals surface area (Å²) < 4.78 is 11.7. The molecule has 1 saturated heterocycles. The van der Waals surface area contributed by atoms with E-state index in [9.17, 15) is 0 Å². The van der Waals surface area contributed by atoms with Crippen LogP contribution < -0.4 is 0 Å². The van der Waals surface area contributed by atoms with Gasteiger partial charge in [-0.3, -0.25) is 0 Å². The van der Waals surface area contributed by atoms with Gasteiger partial charge in [0.05, 0.1) is 13.2 Å². The first kappa shape index (κ1) is 12.3. The Labute approximate surface area is 103 Å². The third kappa shape index (κ3) is 3.42. The fourth-order valence-electron chi connectivity index (χ4n) is 2.21. The van der Waals surface area contributed by atoms with Gasteiger partial charge < -0.3 is 9.47 Å². The number of hydrogen-bond acceptors (Lipinski definition) is 2. The van der Waals surface area contributed by atoms with Crippen LogP contribution in [0.15, 0.2) is 42.5 Å². The van der Waals surface area contributed by atoms with Gasteiger partial charge in [0.25, 0.3) is 0 Å². The zero-order valence-corrected chi connectivity index (χ0v) is 10.4. The Morgan fingerprint density at radius 1 is 1.18 bits per heavy atom. The maximum atomic E-state index is 5.83. The Kier molecular flexibility index (Phi) is 4.35. The first-order valence-electron chi connectivity index (χ1n) is 6.28. The van der Waals surface area contributed by atoms with Gasteiger partial charge in [-0.15, -0.1) is 0 Å². The van der Waals surface area contributed by atoms with Crippen LogP contribution in [0.5, 0.6) is 0 Å². The summed E-state index contributed by atoms with van der Waals surface area (Å²) >= 11 is 0. The van der Waals surface area contributed by atoms with E-state index in [1.54, 1.807) is 0 Å². The van der Waals surface area contributed by atoms with E-state index in [1.165, 1.54) is 5.56 Å². The number of allylic oxidation sites excluding steroid dienone is 2. The fraction of sp³-hybridized carbons (Fsp3) is 0.467. The highest BCUT2D eigenvalue weighted by molar-refractivity contribution is 5.16. The van der Waals surface area contributed by atoms with Crippen LogP contribution >= 0.6 is 0 Å². The van der Waals surface area contributed by atoms with Gasteiger partial charge in [0, 0.05) is 12.8 Å². The van der Waals surface area contributed by atoms with E-state index in [0.29, 0.717) is 13.2 Å². The summed E-state index contributed by atoms with van der Waals surface area (Å²) in [6.45, 7) is 3.46. The molecule has 0 aromatic heterocycles. The predicted octanol–water partition coefficient (Wildman–Crippen LogP) is 3.33. The van der Waals surface area contributed by atoms with Crippen molar-refractivity contribution in [2.75, 3.05) is 13.2 Å². The van der Waals surface area contributed by atoms with E-state index >= 15 is 0 Å². The largest absolute Gasteiger partial charge is 0.347 e. The van der Waals surface area contributed by atoms with Crippen molar-refractivity contribution in [3.05, 3.63) is 48.0 Å². The van der Waals surface area contributed by atoms with Crippen molar-refractivity contribution in [1.82, 2.24) is 0 Å². The summed E-state index contributed by atoms with van der Waals surface area (Å²) in [5.74, 6) is -0.402. The lowest BCUT2D eigenvalue weighted by Crippen LogP contribution is -2.32. The van der Waals surface area contributed by atoms with Gasteiger partial charge in [-0.1, -0.05) is 42.5 Å². The van der Waals surface area contributed by atoms with Gasteiger partial charge in [-0.25, -0.2) is 0 Å². The Morgan fingerprint density at radius 3 is 2.53 bits per heavy atom. The Morgan fingerprint density at radius 2 is 1.88 bits per heavy atom. The second-order valence-electron chi connectivity index (χ2n) is 4.38. The minimum atomic E-state index is -0.402. The normalized spacial score (nSPS) is 18.9. The van der Waals surface area contributed by atoms with Crippen molar-refractivity contribution in [3.63, 3.8) is 0 Å². The van der Waals surface area contributed by atoms with Crippen LogP contribution in [0.3, 0.4) is 0 Å². The van der Waals surface area contributed by atoms with Gasteiger partial charge in [-0.2, -0.15) is 0 Å². The van der Waals surface area contributed by atoms with Gasteiger partial charge in [0.2, 0.25) is 0 Å².